The minimum Gasteiger partial charge on any atom is -0.416 e. The Kier molecular flexibility index (Phi) is 4.13. The van der Waals surface area contributed by atoms with Gasteiger partial charge in [-0.3, -0.25) is 0 Å². The molecule has 0 unspecified atom stereocenters. The van der Waals surface area contributed by atoms with Crippen LogP contribution in [0.1, 0.15) is 12.5 Å². The summed E-state index contributed by atoms with van der Waals surface area (Å²) in [6.07, 6.45) is 1.02. The summed E-state index contributed by atoms with van der Waals surface area (Å²) in [7, 11) is 0. The molecule has 0 amide bonds. The van der Waals surface area contributed by atoms with Crippen molar-refractivity contribution in [3.05, 3.63) is 84.4 Å². The summed E-state index contributed by atoms with van der Waals surface area (Å²) < 4.78 is 5.85. The number of aryl methyl sites for hydroxylation is 1. The molecular formula is C22H18N2O. The van der Waals surface area contributed by atoms with Gasteiger partial charge in [0.15, 0.2) is 0 Å². The molecule has 25 heavy (non-hydrogen) atoms. The number of aromatic nitrogens is 2. The van der Waals surface area contributed by atoms with Gasteiger partial charge in [-0.2, -0.15) is 0 Å². The highest BCUT2D eigenvalue weighted by Crippen LogP contribution is 2.26. The molecule has 0 bridgehead atoms. The zero-order valence-corrected chi connectivity index (χ0v) is 14.0. The van der Waals surface area contributed by atoms with Crippen LogP contribution in [0.3, 0.4) is 0 Å². The molecule has 0 aliphatic rings. The maximum absolute atomic E-state index is 5.85. The lowest BCUT2D eigenvalue weighted by atomic mass is 10.0. The number of rotatable bonds is 4. The first-order valence-corrected chi connectivity index (χ1v) is 8.42. The number of hydrogen-bond donors (Lipinski definition) is 0. The normalized spacial score (nSPS) is 10.8. The highest BCUT2D eigenvalue weighted by Gasteiger charge is 2.10. The van der Waals surface area contributed by atoms with E-state index >= 15 is 0 Å². The molecule has 0 atom stereocenters. The highest BCUT2D eigenvalue weighted by atomic mass is 16.4. The van der Waals surface area contributed by atoms with E-state index in [1.807, 2.05) is 42.5 Å². The van der Waals surface area contributed by atoms with Gasteiger partial charge >= 0.3 is 0 Å². The predicted octanol–water partition coefficient (Wildman–Crippen LogP) is 5.63. The quantitative estimate of drug-likeness (QED) is 0.487. The summed E-state index contributed by atoms with van der Waals surface area (Å²) in [5.41, 5.74) is 5.51. The highest BCUT2D eigenvalue weighted by molar-refractivity contribution is 5.67. The van der Waals surface area contributed by atoms with Gasteiger partial charge in [0.1, 0.15) is 0 Å². The largest absolute Gasteiger partial charge is 0.416 e. The second kappa shape index (κ2) is 6.73. The SMILES string of the molecule is CCc1ccc(-c2nnc(-c3ccc(-c4ccccc4)cc3)o2)cc1. The third kappa shape index (κ3) is 3.22. The van der Waals surface area contributed by atoms with Crippen LogP contribution >= 0.6 is 0 Å². The first-order valence-electron chi connectivity index (χ1n) is 8.42. The van der Waals surface area contributed by atoms with Crippen LogP contribution in [0.25, 0.3) is 34.0 Å². The Morgan fingerprint density at radius 2 is 1.08 bits per heavy atom. The molecule has 0 fully saturated rings. The summed E-state index contributed by atoms with van der Waals surface area (Å²) in [4.78, 5) is 0. The van der Waals surface area contributed by atoms with Gasteiger partial charge in [-0.15, -0.1) is 10.2 Å². The molecule has 0 spiro atoms. The van der Waals surface area contributed by atoms with Crippen molar-refractivity contribution in [1.29, 1.82) is 0 Å². The van der Waals surface area contributed by atoms with Crippen LogP contribution in [-0.4, -0.2) is 10.2 Å². The van der Waals surface area contributed by atoms with Gasteiger partial charge in [0.2, 0.25) is 11.8 Å². The van der Waals surface area contributed by atoms with E-state index in [9.17, 15) is 0 Å². The second-order valence-electron chi connectivity index (χ2n) is 5.91. The molecule has 0 aliphatic heterocycles. The number of hydrogen-bond acceptors (Lipinski definition) is 3. The average molecular weight is 326 g/mol. The first-order chi connectivity index (χ1) is 12.3. The van der Waals surface area contributed by atoms with E-state index < -0.39 is 0 Å². The third-order valence-corrected chi connectivity index (χ3v) is 4.27. The van der Waals surface area contributed by atoms with Crippen LogP contribution in [0, 0.1) is 0 Å². The molecule has 0 N–H and O–H groups in total. The zero-order valence-electron chi connectivity index (χ0n) is 14.0. The van der Waals surface area contributed by atoms with Gasteiger partial charge in [0.25, 0.3) is 0 Å². The van der Waals surface area contributed by atoms with Crippen LogP contribution in [0.15, 0.2) is 83.3 Å². The number of nitrogens with zero attached hydrogens (tertiary/aromatic N) is 2. The molecule has 3 heteroatoms. The Hall–Kier alpha value is -3.20. The van der Waals surface area contributed by atoms with Gasteiger partial charge in [-0.25, -0.2) is 0 Å². The van der Waals surface area contributed by atoms with Gasteiger partial charge in [-0.1, -0.05) is 61.5 Å². The van der Waals surface area contributed by atoms with Crippen LogP contribution in [0.2, 0.25) is 0 Å². The van der Waals surface area contributed by atoms with Crippen molar-refractivity contribution in [2.45, 2.75) is 13.3 Å². The topological polar surface area (TPSA) is 38.9 Å². The van der Waals surface area contributed by atoms with Crippen LogP contribution < -0.4 is 0 Å². The van der Waals surface area contributed by atoms with Gasteiger partial charge in [-0.05, 0) is 47.4 Å². The van der Waals surface area contributed by atoms with Gasteiger partial charge < -0.3 is 4.42 Å². The molecule has 0 radical (unpaired) electrons. The first kappa shape index (κ1) is 15.3. The van der Waals surface area contributed by atoms with E-state index in [2.05, 4.69) is 53.5 Å². The third-order valence-electron chi connectivity index (χ3n) is 4.27. The standard InChI is InChI=1S/C22H18N2O/c1-2-16-8-10-19(11-9-16)21-23-24-22(25-21)20-14-12-18(13-15-20)17-6-4-3-5-7-17/h3-15H,2H2,1H3. The van der Waals surface area contributed by atoms with E-state index in [1.54, 1.807) is 0 Å². The fourth-order valence-electron chi connectivity index (χ4n) is 2.78. The monoisotopic (exact) mass is 326 g/mol. The summed E-state index contributed by atoms with van der Waals surface area (Å²) >= 11 is 0. The molecule has 0 saturated heterocycles. The fraction of sp³-hybridized carbons (Fsp3) is 0.0909. The smallest absolute Gasteiger partial charge is 0.248 e. The Bertz CT molecular complexity index is 955. The van der Waals surface area contributed by atoms with Gasteiger partial charge in [0, 0.05) is 11.1 Å². The van der Waals surface area contributed by atoms with E-state index in [0.29, 0.717) is 11.8 Å². The molecular weight excluding hydrogens is 308 g/mol. The van der Waals surface area contributed by atoms with Gasteiger partial charge in [0.05, 0.1) is 0 Å². The van der Waals surface area contributed by atoms with Crippen LogP contribution in [-0.2, 0) is 6.42 Å². The Morgan fingerprint density at radius 3 is 1.64 bits per heavy atom. The van der Waals surface area contributed by atoms with Crippen molar-refractivity contribution in [2.24, 2.45) is 0 Å². The molecule has 1 heterocycles. The molecule has 3 aromatic carbocycles. The Labute approximate surface area is 147 Å². The summed E-state index contributed by atoms with van der Waals surface area (Å²) in [6, 6.07) is 26.7. The lowest BCUT2D eigenvalue weighted by Gasteiger charge is -2.02. The summed E-state index contributed by atoms with van der Waals surface area (Å²) in [6.45, 7) is 2.14. The Balaban J connectivity index is 1.59. The maximum atomic E-state index is 5.85. The van der Waals surface area contributed by atoms with Crippen molar-refractivity contribution >= 4 is 0 Å². The second-order valence-corrected chi connectivity index (χ2v) is 5.91. The van der Waals surface area contributed by atoms with E-state index in [4.69, 9.17) is 4.42 Å². The van der Waals surface area contributed by atoms with Crippen LogP contribution in [0.4, 0.5) is 0 Å². The summed E-state index contributed by atoms with van der Waals surface area (Å²) in [5, 5.41) is 8.37. The fourth-order valence-corrected chi connectivity index (χ4v) is 2.78. The molecule has 1 aromatic heterocycles. The lowest BCUT2D eigenvalue weighted by molar-refractivity contribution is 0.584. The number of benzene rings is 3. The molecule has 0 saturated carbocycles. The molecule has 4 rings (SSSR count). The molecule has 0 aliphatic carbocycles. The lowest BCUT2D eigenvalue weighted by Crippen LogP contribution is -1.81. The van der Waals surface area contributed by atoms with Crippen molar-refractivity contribution in [3.8, 4) is 34.0 Å². The molecule has 122 valence electrons. The summed E-state index contributed by atoms with van der Waals surface area (Å²) in [5.74, 6) is 1.08. The average Bonchev–Trinajstić information content (AvgIpc) is 3.19. The molecule has 4 aromatic rings. The predicted molar refractivity (Wildman–Crippen MR) is 100.0 cm³/mol. The van der Waals surface area contributed by atoms with Crippen molar-refractivity contribution in [3.63, 3.8) is 0 Å². The van der Waals surface area contributed by atoms with E-state index in [-0.39, 0.29) is 0 Å². The zero-order chi connectivity index (χ0) is 17.1. The van der Waals surface area contributed by atoms with Crippen molar-refractivity contribution in [2.75, 3.05) is 0 Å². The minimum atomic E-state index is 0.536. The van der Waals surface area contributed by atoms with Crippen molar-refractivity contribution in [1.82, 2.24) is 10.2 Å². The Morgan fingerprint density at radius 1 is 0.600 bits per heavy atom. The maximum Gasteiger partial charge on any atom is 0.248 e. The van der Waals surface area contributed by atoms with Crippen molar-refractivity contribution < 1.29 is 4.42 Å². The minimum absolute atomic E-state index is 0.536. The molecule has 3 nitrogen and oxygen atoms in total. The van der Waals surface area contributed by atoms with E-state index in [1.165, 1.54) is 16.7 Å². The van der Waals surface area contributed by atoms with Crippen LogP contribution in [0.5, 0.6) is 0 Å². The van der Waals surface area contributed by atoms with E-state index in [0.717, 1.165) is 17.5 Å².